The number of anilines is 1. The summed E-state index contributed by atoms with van der Waals surface area (Å²) in [6, 6.07) is 4.80. The molecule has 0 fully saturated rings. The molecule has 0 atom stereocenters. The number of ether oxygens (including phenoxy) is 1. The lowest BCUT2D eigenvalue weighted by Crippen LogP contribution is -2.21. The molecule has 0 aliphatic carbocycles. The van der Waals surface area contributed by atoms with Crippen LogP contribution in [0.2, 0.25) is 15.1 Å². The third-order valence-corrected chi connectivity index (χ3v) is 3.39. The molecule has 0 radical (unpaired) electrons. The normalized spacial score (nSPS) is 10.3. The van der Waals surface area contributed by atoms with Gasteiger partial charge < -0.3 is 14.5 Å². The van der Waals surface area contributed by atoms with Crippen molar-refractivity contribution in [3.63, 3.8) is 0 Å². The summed E-state index contributed by atoms with van der Waals surface area (Å²) in [5.41, 5.74) is 0.109. The first kappa shape index (κ1) is 18.1. The zero-order chi connectivity index (χ0) is 17.9. The van der Waals surface area contributed by atoms with E-state index in [0.29, 0.717) is 0 Å². The van der Waals surface area contributed by atoms with E-state index in [2.05, 4.69) is 14.5 Å². The van der Waals surface area contributed by atoms with Crippen LogP contribution in [0.5, 0.6) is 0 Å². The van der Waals surface area contributed by atoms with Crippen molar-refractivity contribution in [2.24, 2.45) is 0 Å². The van der Waals surface area contributed by atoms with Crippen LogP contribution in [0.25, 0.3) is 0 Å². The first-order valence-electron chi connectivity index (χ1n) is 6.13. The highest BCUT2D eigenvalue weighted by atomic mass is 35.5. The van der Waals surface area contributed by atoms with Crippen LogP contribution < -0.4 is 5.32 Å². The van der Waals surface area contributed by atoms with Gasteiger partial charge in [0.2, 0.25) is 5.76 Å². The SMILES string of the molecule is O=C(COC(=O)c1ccc([N+](=O)[O-])o1)Nc1c(Cl)cc(Cl)cc1Cl. The van der Waals surface area contributed by atoms with Crippen molar-refractivity contribution in [2.45, 2.75) is 0 Å². The van der Waals surface area contributed by atoms with Crippen LogP contribution in [0.1, 0.15) is 10.6 Å². The molecule has 1 aromatic carbocycles. The molecule has 2 aromatic rings. The highest BCUT2D eigenvalue weighted by Crippen LogP contribution is 2.33. The van der Waals surface area contributed by atoms with Gasteiger partial charge in [-0.25, -0.2) is 4.79 Å². The summed E-state index contributed by atoms with van der Waals surface area (Å²) < 4.78 is 9.33. The fourth-order valence-corrected chi connectivity index (χ4v) is 2.49. The summed E-state index contributed by atoms with van der Waals surface area (Å²) in [5.74, 6) is -2.79. The Morgan fingerprint density at radius 3 is 2.38 bits per heavy atom. The van der Waals surface area contributed by atoms with E-state index >= 15 is 0 Å². The van der Waals surface area contributed by atoms with E-state index in [-0.39, 0.29) is 20.8 Å². The van der Waals surface area contributed by atoms with Gasteiger partial charge in [0.05, 0.1) is 21.8 Å². The number of rotatable bonds is 5. The minimum absolute atomic E-state index is 0.105. The molecular weight excluding hydrogens is 387 g/mol. The number of carbonyl (C=O) groups is 2. The third kappa shape index (κ3) is 4.38. The molecule has 0 unspecified atom stereocenters. The topological polar surface area (TPSA) is 112 Å². The summed E-state index contributed by atoms with van der Waals surface area (Å²) in [6.45, 7) is -0.678. The Labute approximate surface area is 149 Å². The lowest BCUT2D eigenvalue weighted by molar-refractivity contribution is -0.402. The number of benzene rings is 1. The maximum atomic E-state index is 11.8. The smallest absolute Gasteiger partial charge is 0.433 e. The van der Waals surface area contributed by atoms with Gasteiger partial charge in [0, 0.05) is 5.02 Å². The monoisotopic (exact) mass is 392 g/mol. The summed E-state index contributed by atoms with van der Waals surface area (Å²) in [4.78, 5) is 33.0. The van der Waals surface area contributed by atoms with Gasteiger partial charge in [-0.1, -0.05) is 34.8 Å². The molecule has 1 heterocycles. The molecule has 8 nitrogen and oxygen atoms in total. The molecule has 0 aliphatic rings. The Bertz CT molecular complexity index is 797. The average molecular weight is 394 g/mol. The second-order valence-corrected chi connectivity index (χ2v) is 5.51. The zero-order valence-corrected chi connectivity index (χ0v) is 13.8. The Kier molecular flexibility index (Phi) is 5.66. The highest BCUT2D eigenvalue weighted by Gasteiger charge is 2.20. The predicted molar refractivity (Wildman–Crippen MR) is 85.7 cm³/mol. The number of amides is 1. The molecule has 1 N–H and O–H groups in total. The molecule has 0 spiro atoms. The predicted octanol–water partition coefficient (Wildman–Crippen LogP) is 3.94. The van der Waals surface area contributed by atoms with Crippen molar-refractivity contribution >= 4 is 58.3 Å². The minimum Gasteiger partial charge on any atom is -0.450 e. The Balaban J connectivity index is 1.95. The molecule has 126 valence electrons. The summed E-state index contributed by atoms with van der Waals surface area (Å²) in [7, 11) is 0. The molecular formula is C13H7Cl3N2O6. The van der Waals surface area contributed by atoms with Crippen LogP contribution in [0.4, 0.5) is 11.6 Å². The van der Waals surface area contributed by atoms with E-state index in [4.69, 9.17) is 34.8 Å². The van der Waals surface area contributed by atoms with E-state index in [9.17, 15) is 19.7 Å². The van der Waals surface area contributed by atoms with E-state index in [1.165, 1.54) is 12.1 Å². The van der Waals surface area contributed by atoms with E-state index in [1.807, 2.05) is 0 Å². The van der Waals surface area contributed by atoms with Gasteiger partial charge in [0.1, 0.15) is 4.92 Å². The number of nitrogens with zero attached hydrogens (tertiary/aromatic N) is 1. The first-order chi connectivity index (χ1) is 11.3. The van der Waals surface area contributed by atoms with E-state index < -0.39 is 35.1 Å². The second-order valence-electron chi connectivity index (χ2n) is 4.26. The van der Waals surface area contributed by atoms with Gasteiger partial charge in [-0.2, -0.15) is 0 Å². The molecule has 0 saturated carbocycles. The summed E-state index contributed by atoms with van der Waals surface area (Å²) >= 11 is 17.5. The number of esters is 1. The van der Waals surface area contributed by atoms with Gasteiger partial charge >= 0.3 is 11.9 Å². The minimum atomic E-state index is -1.04. The molecule has 0 aliphatic heterocycles. The van der Waals surface area contributed by atoms with Gasteiger partial charge in [0.25, 0.3) is 5.91 Å². The lowest BCUT2D eigenvalue weighted by atomic mass is 10.3. The van der Waals surface area contributed by atoms with Gasteiger partial charge in [-0.05, 0) is 18.2 Å². The molecule has 2 rings (SSSR count). The fraction of sp³-hybridized carbons (Fsp3) is 0.0769. The number of hydrogen-bond donors (Lipinski definition) is 1. The maximum Gasteiger partial charge on any atom is 0.433 e. The zero-order valence-electron chi connectivity index (χ0n) is 11.5. The first-order valence-corrected chi connectivity index (χ1v) is 7.27. The average Bonchev–Trinajstić information content (AvgIpc) is 2.98. The van der Waals surface area contributed by atoms with Crippen LogP contribution in [-0.4, -0.2) is 23.4 Å². The molecule has 0 saturated heterocycles. The van der Waals surface area contributed by atoms with Crippen LogP contribution >= 0.6 is 34.8 Å². The number of carbonyl (C=O) groups excluding carboxylic acids is 2. The largest absolute Gasteiger partial charge is 0.450 e. The molecule has 1 aromatic heterocycles. The molecule has 0 bridgehead atoms. The van der Waals surface area contributed by atoms with Crippen LogP contribution in [-0.2, 0) is 9.53 Å². The van der Waals surface area contributed by atoms with Crippen molar-refractivity contribution in [1.82, 2.24) is 0 Å². The Morgan fingerprint density at radius 2 is 1.83 bits per heavy atom. The number of furan rings is 1. The van der Waals surface area contributed by atoms with E-state index in [0.717, 1.165) is 12.1 Å². The molecule has 11 heteroatoms. The number of nitro groups is 1. The van der Waals surface area contributed by atoms with E-state index in [1.54, 1.807) is 0 Å². The summed E-state index contributed by atoms with van der Waals surface area (Å²) in [6.07, 6.45) is 0. The van der Waals surface area contributed by atoms with Gasteiger partial charge in [-0.3, -0.25) is 14.9 Å². The van der Waals surface area contributed by atoms with Crippen LogP contribution in [0.3, 0.4) is 0 Å². The quantitative estimate of drug-likeness (QED) is 0.468. The second kappa shape index (κ2) is 7.52. The standard InChI is InChI=1S/C13H7Cl3N2O6/c14-6-3-7(15)12(8(16)4-6)17-10(19)5-23-13(20)9-1-2-11(24-9)18(21)22/h1-4H,5H2,(H,17,19). The van der Waals surface area contributed by atoms with Crippen molar-refractivity contribution in [1.29, 1.82) is 0 Å². The highest BCUT2D eigenvalue weighted by molar-refractivity contribution is 6.42. The maximum absolute atomic E-state index is 11.8. The van der Waals surface area contributed by atoms with Crippen molar-refractivity contribution in [3.8, 4) is 0 Å². The molecule has 24 heavy (non-hydrogen) atoms. The van der Waals surface area contributed by atoms with Crippen LogP contribution in [0.15, 0.2) is 28.7 Å². The van der Waals surface area contributed by atoms with Crippen molar-refractivity contribution in [3.05, 3.63) is 55.2 Å². The van der Waals surface area contributed by atoms with Crippen molar-refractivity contribution in [2.75, 3.05) is 11.9 Å². The van der Waals surface area contributed by atoms with Gasteiger partial charge in [0.15, 0.2) is 6.61 Å². The number of halogens is 3. The Morgan fingerprint density at radius 1 is 1.21 bits per heavy atom. The molecule has 1 amide bonds. The third-order valence-electron chi connectivity index (χ3n) is 2.58. The van der Waals surface area contributed by atoms with Gasteiger partial charge in [-0.15, -0.1) is 0 Å². The number of nitrogens with one attached hydrogen (secondary N) is 1. The summed E-state index contributed by atoms with van der Waals surface area (Å²) in [5, 5.41) is 13.3. The number of hydrogen-bond acceptors (Lipinski definition) is 6. The lowest BCUT2D eigenvalue weighted by Gasteiger charge is -2.09. The fourth-order valence-electron chi connectivity index (χ4n) is 1.57. The Hall–Kier alpha value is -2.29. The van der Waals surface area contributed by atoms with Crippen molar-refractivity contribution < 1.29 is 23.7 Å². The van der Waals surface area contributed by atoms with Crippen LogP contribution in [0, 0.1) is 10.1 Å².